The van der Waals surface area contributed by atoms with Crippen LogP contribution in [0.5, 0.6) is 0 Å². The highest BCUT2D eigenvalue weighted by molar-refractivity contribution is 7.16. The van der Waals surface area contributed by atoms with E-state index in [0.29, 0.717) is 17.2 Å². The summed E-state index contributed by atoms with van der Waals surface area (Å²) in [4.78, 5) is 11.7. The molecule has 2 aromatic rings. The van der Waals surface area contributed by atoms with Gasteiger partial charge >= 0.3 is 0 Å². The molecule has 0 bridgehead atoms. The van der Waals surface area contributed by atoms with Crippen molar-refractivity contribution in [1.82, 2.24) is 14.9 Å². The van der Waals surface area contributed by atoms with Crippen LogP contribution in [0.3, 0.4) is 0 Å². The highest BCUT2D eigenvalue weighted by atomic mass is 35.5. The van der Waals surface area contributed by atoms with Crippen molar-refractivity contribution >= 4 is 39.0 Å². The van der Waals surface area contributed by atoms with Gasteiger partial charge in [-0.3, -0.25) is 0 Å². The minimum absolute atomic E-state index is 0.301. The second-order valence-electron chi connectivity index (χ2n) is 5.71. The summed E-state index contributed by atoms with van der Waals surface area (Å²) in [5, 5.41) is 6.91. The lowest BCUT2D eigenvalue weighted by molar-refractivity contribution is 0.356. The highest BCUT2D eigenvalue weighted by Gasteiger charge is 2.15. The van der Waals surface area contributed by atoms with Crippen LogP contribution >= 0.6 is 22.9 Å². The minimum Gasteiger partial charge on any atom is -0.365 e. The lowest BCUT2D eigenvalue weighted by atomic mass is 10.0. The zero-order chi connectivity index (χ0) is 14.7. The number of likely N-dealkylation sites (N-methyl/N-ethyl adjacent to an activating group) is 1. The summed E-state index contributed by atoms with van der Waals surface area (Å²) < 4.78 is 0. The molecule has 0 aromatic carbocycles. The third-order valence-corrected chi connectivity index (χ3v) is 3.96. The van der Waals surface area contributed by atoms with Gasteiger partial charge in [0.2, 0.25) is 5.28 Å². The van der Waals surface area contributed by atoms with Crippen LogP contribution in [0, 0.1) is 5.92 Å². The topological polar surface area (TPSA) is 41.0 Å². The monoisotopic (exact) mass is 312 g/mol. The Hall–Kier alpha value is -0.910. The Bertz CT molecular complexity index is 557. The first kappa shape index (κ1) is 15.5. The first-order chi connectivity index (χ1) is 9.45. The summed E-state index contributed by atoms with van der Waals surface area (Å²) in [5.41, 5.74) is 0. The van der Waals surface area contributed by atoms with Crippen LogP contribution in [0.15, 0.2) is 11.4 Å². The first-order valence-corrected chi connectivity index (χ1v) is 8.03. The number of hydrogen-bond acceptors (Lipinski definition) is 5. The van der Waals surface area contributed by atoms with E-state index >= 15 is 0 Å². The van der Waals surface area contributed by atoms with Crippen LogP contribution in [-0.2, 0) is 0 Å². The standard InChI is InChI=1S/C14H21ClN4S/c1-9(2)7-10(8-19(3)4)16-12-11-5-6-20-13(11)18-14(15)17-12/h5-6,9-10H,7-8H2,1-4H3,(H,16,17,18). The minimum atomic E-state index is 0.301. The molecule has 0 aliphatic carbocycles. The molecule has 1 atom stereocenters. The number of fused-ring (bicyclic) bond motifs is 1. The Morgan fingerprint density at radius 3 is 2.75 bits per heavy atom. The number of anilines is 1. The van der Waals surface area contributed by atoms with Gasteiger partial charge in [0.1, 0.15) is 10.6 Å². The number of nitrogens with zero attached hydrogens (tertiary/aromatic N) is 3. The van der Waals surface area contributed by atoms with E-state index in [1.54, 1.807) is 11.3 Å². The lowest BCUT2D eigenvalue weighted by Gasteiger charge is -2.24. The van der Waals surface area contributed by atoms with E-state index in [1.165, 1.54) is 0 Å². The molecule has 0 radical (unpaired) electrons. The molecule has 0 amide bonds. The summed E-state index contributed by atoms with van der Waals surface area (Å²) in [6.45, 7) is 5.43. The fourth-order valence-electron chi connectivity index (χ4n) is 2.32. The van der Waals surface area contributed by atoms with Crippen molar-refractivity contribution in [2.45, 2.75) is 26.3 Å². The molecule has 0 fully saturated rings. The lowest BCUT2D eigenvalue weighted by Crippen LogP contribution is -2.33. The van der Waals surface area contributed by atoms with Gasteiger partial charge < -0.3 is 10.2 Å². The van der Waals surface area contributed by atoms with Gasteiger partial charge in [-0.25, -0.2) is 9.97 Å². The molecule has 2 heterocycles. The maximum atomic E-state index is 6.01. The maximum absolute atomic E-state index is 6.01. The van der Waals surface area contributed by atoms with E-state index in [1.807, 2.05) is 11.4 Å². The van der Waals surface area contributed by atoms with E-state index in [9.17, 15) is 0 Å². The van der Waals surface area contributed by atoms with Crippen molar-refractivity contribution in [1.29, 1.82) is 0 Å². The number of rotatable bonds is 6. The highest BCUT2D eigenvalue weighted by Crippen LogP contribution is 2.27. The van der Waals surface area contributed by atoms with Gasteiger partial charge in [-0.05, 0) is 49.5 Å². The van der Waals surface area contributed by atoms with Gasteiger partial charge in [0.05, 0.1) is 5.39 Å². The molecule has 0 aliphatic heterocycles. The van der Waals surface area contributed by atoms with Gasteiger partial charge in [-0.15, -0.1) is 11.3 Å². The van der Waals surface area contributed by atoms with Gasteiger partial charge in [0.25, 0.3) is 0 Å². The molecule has 6 heteroatoms. The normalized spacial score (nSPS) is 13.3. The van der Waals surface area contributed by atoms with Crippen molar-refractivity contribution in [2.75, 3.05) is 26.0 Å². The zero-order valence-electron chi connectivity index (χ0n) is 12.4. The second-order valence-corrected chi connectivity index (χ2v) is 6.95. The summed E-state index contributed by atoms with van der Waals surface area (Å²) in [6.07, 6.45) is 1.09. The van der Waals surface area contributed by atoms with Gasteiger partial charge in [-0.1, -0.05) is 13.8 Å². The molecule has 0 aliphatic rings. The number of halogens is 1. The van der Waals surface area contributed by atoms with Crippen molar-refractivity contribution in [3.63, 3.8) is 0 Å². The van der Waals surface area contributed by atoms with Crippen molar-refractivity contribution in [2.24, 2.45) is 5.92 Å². The van der Waals surface area contributed by atoms with Crippen molar-refractivity contribution < 1.29 is 0 Å². The average Bonchev–Trinajstić information content (AvgIpc) is 2.74. The fourth-order valence-corrected chi connectivity index (χ4v) is 3.30. The van der Waals surface area contributed by atoms with E-state index < -0.39 is 0 Å². The average molecular weight is 313 g/mol. The number of hydrogen-bond donors (Lipinski definition) is 1. The second kappa shape index (κ2) is 6.70. The van der Waals surface area contributed by atoms with Crippen LogP contribution < -0.4 is 5.32 Å². The number of aromatic nitrogens is 2. The third-order valence-electron chi connectivity index (χ3n) is 2.98. The van der Waals surface area contributed by atoms with E-state index in [-0.39, 0.29) is 0 Å². The smallest absolute Gasteiger partial charge is 0.225 e. The molecule has 2 aromatic heterocycles. The fraction of sp³-hybridized carbons (Fsp3) is 0.571. The molecular weight excluding hydrogens is 292 g/mol. The number of thiophene rings is 1. The molecule has 2 rings (SSSR count). The van der Waals surface area contributed by atoms with Crippen LogP contribution in [0.1, 0.15) is 20.3 Å². The van der Waals surface area contributed by atoms with E-state index in [4.69, 9.17) is 11.6 Å². The molecule has 0 saturated heterocycles. The predicted octanol–water partition coefficient (Wildman–Crippen LogP) is 3.73. The first-order valence-electron chi connectivity index (χ1n) is 6.77. The van der Waals surface area contributed by atoms with E-state index in [0.717, 1.165) is 29.0 Å². The summed E-state index contributed by atoms with van der Waals surface area (Å²) in [7, 11) is 4.17. The number of nitrogens with one attached hydrogen (secondary N) is 1. The molecule has 20 heavy (non-hydrogen) atoms. The molecule has 0 saturated carbocycles. The van der Waals surface area contributed by atoms with Gasteiger partial charge in [-0.2, -0.15) is 0 Å². The van der Waals surface area contributed by atoms with Gasteiger partial charge in [0.15, 0.2) is 0 Å². The summed E-state index contributed by atoms with van der Waals surface area (Å²) in [6, 6.07) is 2.39. The molecule has 1 N–H and O–H groups in total. The largest absolute Gasteiger partial charge is 0.365 e. The summed E-state index contributed by atoms with van der Waals surface area (Å²) in [5.74, 6) is 1.47. The Balaban J connectivity index is 2.25. The molecule has 1 unspecified atom stereocenters. The molecule has 0 spiro atoms. The molecule has 4 nitrogen and oxygen atoms in total. The van der Waals surface area contributed by atoms with Crippen LogP contribution in [0.25, 0.3) is 10.2 Å². The summed E-state index contributed by atoms with van der Waals surface area (Å²) >= 11 is 7.59. The van der Waals surface area contributed by atoms with Crippen LogP contribution in [-0.4, -0.2) is 41.5 Å². The third kappa shape index (κ3) is 4.04. The van der Waals surface area contributed by atoms with Crippen LogP contribution in [0.4, 0.5) is 5.82 Å². The van der Waals surface area contributed by atoms with Gasteiger partial charge in [0, 0.05) is 12.6 Å². The molecular formula is C14H21ClN4S. The maximum Gasteiger partial charge on any atom is 0.225 e. The van der Waals surface area contributed by atoms with Crippen LogP contribution in [0.2, 0.25) is 5.28 Å². The quantitative estimate of drug-likeness (QED) is 0.825. The molecule has 110 valence electrons. The Kier molecular flexibility index (Phi) is 5.18. The Labute approximate surface area is 129 Å². The predicted molar refractivity (Wildman–Crippen MR) is 87.8 cm³/mol. The van der Waals surface area contributed by atoms with Crippen molar-refractivity contribution in [3.8, 4) is 0 Å². The van der Waals surface area contributed by atoms with Crippen molar-refractivity contribution in [3.05, 3.63) is 16.7 Å². The van der Waals surface area contributed by atoms with E-state index in [2.05, 4.69) is 48.1 Å². The Morgan fingerprint density at radius 1 is 1.35 bits per heavy atom. The SMILES string of the molecule is CC(C)CC(CN(C)C)Nc1nc(Cl)nc2sccc12. The Morgan fingerprint density at radius 2 is 2.10 bits per heavy atom. The zero-order valence-corrected chi connectivity index (χ0v) is 13.9.